The summed E-state index contributed by atoms with van der Waals surface area (Å²) in [5.74, 6) is 1.20. The number of hydrogen-bond donors (Lipinski definition) is 1. The molecule has 0 saturated carbocycles. The van der Waals surface area contributed by atoms with Gasteiger partial charge in [-0.3, -0.25) is 0 Å². The van der Waals surface area contributed by atoms with E-state index in [4.69, 9.17) is 0 Å². The molecule has 1 aliphatic heterocycles. The molecule has 82 valence electrons. The summed E-state index contributed by atoms with van der Waals surface area (Å²) in [5.41, 5.74) is 0.838. The Morgan fingerprint density at radius 3 is 2.81 bits per heavy atom. The number of nitrogens with one attached hydrogen (secondary N) is 1. The molecule has 3 rings (SSSR count). The second-order valence-corrected chi connectivity index (χ2v) is 3.77. The minimum absolute atomic E-state index is 0.245. The van der Waals surface area contributed by atoms with Gasteiger partial charge in [0.1, 0.15) is 5.82 Å². The van der Waals surface area contributed by atoms with Crippen LogP contribution in [0.1, 0.15) is 6.42 Å². The zero-order chi connectivity index (χ0) is 11.0. The van der Waals surface area contributed by atoms with Crippen molar-refractivity contribution in [3.8, 4) is 11.4 Å². The molecular formula is C11H11FN4. The van der Waals surface area contributed by atoms with Gasteiger partial charge in [-0.2, -0.15) is 4.98 Å². The van der Waals surface area contributed by atoms with Crippen LogP contribution < -0.4 is 5.32 Å². The van der Waals surface area contributed by atoms with E-state index < -0.39 is 0 Å². The predicted molar refractivity (Wildman–Crippen MR) is 58.5 cm³/mol. The van der Waals surface area contributed by atoms with Crippen LogP contribution in [-0.4, -0.2) is 21.3 Å². The van der Waals surface area contributed by atoms with Crippen molar-refractivity contribution in [2.24, 2.45) is 0 Å². The summed E-state index contributed by atoms with van der Waals surface area (Å²) in [5, 5.41) is 7.55. The third-order valence-electron chi connectivity index (χ3n) is 2.60. The molecule has 1 N–H and O–H groups in total. The molecule has 2 aromatic rings. The number of hydrogen-bond acceptors (Lipinski definition) is 3. The minimum Gasteiger partial charge on any atom is -0.354 e. The monoisotopic (exact) mass is 218 g/mol. The fourth-order valence-electron chi connectivity index (χ4n) is 1.78. The van der Waals surface area contributed by atoms with Gasteiger partial charge in [0.15, 0.2) is 5.82 Å². The van der Waals surface area contributed by atoms with Crippen molar-refractivity contribution < 1.29 is 4.39 Å². The number of aryl methyl sites for hydroxylation is 1. The Kier molecular flexibility index (Phi) is 2.09. The first-order valence-electron chi connectivity index (χ1n) is 5.27. The number of nitrogens with zero attached hydrogens (tertiary/aromatic N) is 3. The van der Waals surface area contributed by atoms with Crippen LogP contribution in [0.15, 0.2) is 24.3 Å². The van der Waals surface area contributed by atoms with Crippen LogP contribution in [-0.2, 0) is 6.54 Å². The molecule has 1 aromatic carbocycles. The molecule has 16 heavy (non-hydrogen) atoms. The lowest BCUT2D eigenvalue weighted by molar-refractivity contribution is 0.566. The van der Waals surface area contributed by atoms with E-state index in [1.54, 1.807) is 12.1 Å². The van der Waals surface area contributed by atoms with Gasteiger partial charge in [0.2, 0.25) is 5.95 Å². The average Bonchev–Trinajstić information content (AvgIpc) is 2.73. The Morgan fingerprint density at radius 2 is 2.06 bits per heavy atom. The summed E-state index contributed by atoms with van der Waals surface area (Å²) >= 11 is 0. The maximum absolute atomic E-state index is 12.8. The molecule has 0 saturated heterocycles. The summed E-state index contributed by atoms with van der Waals surface area (Å²) < 4.78 is 14.6. The first kappa shape index (κ1) is 9.33. The van der Waals surface area contributed by atoms with Crippen molar-refractivity contribution in [2.75, 3.05) is 11.9 Å². The van der Waals surface area contributed by atoms with E-state index in [1.165, 1.54) is 12.1 Å². The van der Waals surface area contributed by atoms with E-state index in [0.717, 1.165) is 31.0 Å². The topological polar surface area (TPSA) is 42.7 Å². The quantitative estimate of drug-likeness (QED) is 0.795. The van der Waals surface area contributed by atoms with Crippen molar-refractivity contribution in [2.45, 2.75) is 13.0 Å². The molecule has 4 nitrogen and oxygen atoms in total. The molecule has 0 spiro atoms. The lowest BCUT2D eigenvalue weighted by atomic mass is 10.2. The maximum atomic E-state index is 12.8. The summed E-state index contributed by atoms with van der Waals surface area (Å²) in [4.78, 5) is 4.37. The highest BCUT2D eigenvalue weighted by Gasteiger charge is 2.14. The maximum Gasteiger partial charge on any atom is 0.221 e. The van der Waals surface area contributed by atoms with Crippen molar-refractivity contribution in [1.29, 1.82) is 0 Å². The number of anilines is 1. The van der Waals surface area contributed by atoms with Gasteiger partial charge in [0, 0.05) is 18.7 Å². The van der Waals surface area contributed by atoms with Gasteiger partial charge < -0.3 is 5.32 Å². The molecule has 0 bridgehead atoms. The molecule has 0 atom stereocenters. The molecule has 0 radical (unpaired) electrons. The molecule has 0 fully saturated rings. The minimum atomic E-state index is -0.245. The van der Waals surface area contributed by atoms with Crippen molar-refractivity contribution in [3.05, 3.63) is 30.1 Å². The zero-order valence-electron chi connectivity index (χ0n) is 8.65. The third-order valence-corrected chi connectivity index (χ3v) is 2.60. The standard InChI is InChI=1S/C11H11FN4/c12-9-4-2-8(3-5-9)10-14-11-13-6-1-7-16(11)15-10/h2-5H,1,6-7H2,(H,13,14,15). The number of aromatic nitrogens is 3. The van der Waals surface area contributed by atoms with E-state index in [1.807, 2.05) is 4.68 Å². The number of benzene rings is 1. The predicted octanol–water partition coefficient (Wildman–Crippen LogP) is 1.90. The van der Waals surface area contributed by atoms with Gasteiger partial charge in [-0.1, -0.05) is 0 Å². The molecule has 1 aliphatic rings. The van der Waals surface area contributed by atoms with Crippen LogP contribution >= 0.6 is 0 Å². The van der Waals surface area contributed by atoms with E-state index in [-0.39, 0.29) is 5.82 Å². The van der Waals surface area contributed by atoms with Gasteiger partial charge in [-0.25, -0.2) is 9.07 Å². The number of halogens is 1. The first-order chi connectivity index (χ1) is 7.83. The SMILES string of the molecule is Fc1ccc(-c2nc3n(n2)CCCN3)cc1. The van der Waals surface area contributed by atoms with Gasteiger partial charge in [-0.15, -0.1) is 5.10 Å². The van der Waals surface area contributed by atoms with Gasteiger partial charge in [0.05, 0.1) is 0 Å². The number of rotatable bonds is 1. The van der Waals surface area contributed by atoms with Crippen LogP contribution in [0.5, 0.6) is 0 Å². The highest BCUT2D eigenvalue weighted by atomic mass is 19.1. The fraction of sp³-hybridized carbons (Fsp3) is 0.273. The summed E-state index contributed by atoms with van der Waals surface area (Å²) in [6.07, 6.45) is 1.05. The normalized spacial score (nSPS) is 14.3. The Labute approximate surface area is 92.1 Å². The van der Waals surface area contributed by atoms with Crippen LogP contribution in [0, 0.1) is 5.82 Å². The highest BCUT2D eigenvalue weighted by molar-refractivity contribution is 5.56. The second kappa shape index (κ2) is 3.59. The fourth-order valence-corrected chi connectivity index (χ4v) is 1.78. The van der Waals surface area contributed by atoms with Crippen molar-refractivity contribution >= 4 is 5.95 Å². The van der Waals surface area contributed by atoms with Crippen molar-refractivity contribution in [1.82, 2.24) is 14.8 Å². The van der Waals surface area contributed by atoms with Gasteiger partial charge in [0.25, 0.3) is 0 Å². The highest BCUT2D eigenvalue weighted by Crippen LogP contribution is 2.19. The number of fused-ring (bicyclic) bond motifs is 1. The van der Waals surface area contributed by atoms with Crippen LogP contribution in [0.2, 0.25) is 0 Å². The summed E-state index contributed by atoms with van der Waals surface area (Å²) in [6.45, 7) is 1.82. The van der Waals surface area contributed by atoms with E-state index in [0.29, 0.717) is 5.82 Å². The van der Waals surface area contributed by atoms with E-state index in [9.17, 15) is 4.39 Å². The summed E-state index contributed by atoms with van der Waals surface area (Å²) in [6, 6.07) is 6.22. The third kappa shape index (κ3) is 1.54. The first-order valence-corrected chi connectivity index (χ1v) is 5.27. The lowest BCUT2D eigenvalue weighted by Crippen LogP contribution is -2.17. The molecule has 2 heterocycles. The zero-order valence-corrected chi connectivity index (χ0v) is 8.65. The van der Waals surface area contributed by atoms with Gasteiger partial charge in [-0.05, 0) is 30.7 Å². The average molecular weight is 218 g/mol. The van der Waals surface area contributed by atoms with E-state index in [2.05, 4.69) is 15.4 Å². The molecule has 0 aliphatic carbocycles. The van der Waals surface area contributed by atoms with Crippen LogP contribution in [0.4, 0.5) is 10.3 Å². The smallest absolute Gasteiger partial charge is 0.221 e. The van der Waals surface area contributed by atoms with Crippen LogP contribution in [0.25, 0.3) is 11.4 Å². The Hall–Kier alpha value is -1.91. The molecule has 0 amide bonds. The van der Waals surface area contributed by atoms with Crippen LogP contribution in [0.3, 0.4) is 0 Å². The Morgan fingerprint density at radius 1 is 1.25 bits per heavy atom. The lowest BCUT2D eigenvalue weighted by Gasteiger charge is -2.12. The van der Waals surface area contributed by atoms with Crippen molar-refractivity contribution in [3.63, 3.8) is 0 Å². The molecule has 5 heteroatoms. The summed E-state index contributed by atoms with van der Waals surface area (Å²) in [7, 11) is 0. The Balaban J connectivity index is 2.00. The van der Waals surface area contributed by atoms with Gasteiger partial charge >= 0.3 is 0 Å². The molecule has 0 unspecified atom stereocenters. The molecule has 1 aromatic heterocycles. The largest absolute Gasteiger partial charge is 0.354 e. The Bertz CT molecular complexity index is 480. The van der Waals surface area contributed by atoms with E-state index >= 15 is 0 Å². The molecular weight excluding hydrogens is 207 g/mol. The second-order valence-electron chi connectivity index (χ2n) is 3.77.